The number of halogens is 1. The van der Waals surface area contributed by atoms with Crippen molar-refractivity contribution in [1.29, 1.82) is 0 Å². The van der Waals surface area contributed by atoms with Crippen LogP contribution in [0.15, 0.2) is 322 Å². The summed E-state index contributed by atoms with van der Waals surface area (Å²) in [5, 5.41) is 24.4. The third-order valence-electron chi connectivity index (χ3n) is 19.8. The molecule has 0 saturated carbocycles. The summed E-state index contributed by atoms with van der Waals surface area (Å²) in [6.07, 6.45) is 9.36. The molecule has 20 rings (SSSR count). The topological polar surface area (TPSA) is 64.5 Å². The first-order valence-corrected chi connectivity index (χ1v) is 35.9. The van der Waals surface area contributed by atoms with Gasteiger partial charge in [0.15, 0.2) is 0 Å². The van der Waals surface area contributed by atoms with Crippen LogP contribution in [0, 0.1) is 77.7 Å². The molecular weight excluding hydrogens is 2260 g/mol. The molecule has 0 unspecified atom stereocenters. The van der Waals surface area contributed by atoms with Crippen LogP contribution in [0.1, 0.15) is 33.4 Å². The summed E-state index contributed by atoms with van der Waals surface area (Å²) in [6, 6.07) is 116. The molecule has 557 valence electrons. The second kappa shape index (κ2) is 37.4. The maximum absolute atomic E-state index is 13.5. The number of aryl methyl sites for hydroxylation is 6. The summed E-state index contributed by atoms with van der Waals surface area (Å²) < 4.78 is 13.5. The molecule has 5 heterocycles. The van der Waals surface area contributed by atoms with Crippen molar-refractivity contribution in [3.05, 3.63) is 392 Å². The Morgan fingerprint density at radius 1 is 0.232 bits per heavy atom. The fraction of sp³-hybridized carbons (Fsp3) is 0.0594. The second-order valence-corrected chi connectivity index (χ2v) is 27.2. The van der Waals surface area contributed by atoms with Gasteiger partial charge in [0.1, 0.15) is 0 Å². The molecule has 15 aromatic carbocycles. The van der Waals surface area contributed by atoms with Gasteiger partial charge in [-0.1, -0.05) is 222 Å². The fourth-order valence-corrected chi connectivity index (χ4v) is 14.5. The van der Waals surface area contributed by atoms with E-state index in [4.69, 9.17) is 0 Å². The third-order valence-corrected chi connectivity index (χ3v) is 19.8. The number of nitrogens with zero attached hydrogens (tertiary/aromatic N) is 5. The smallest absolute Gasteiger partial charge is 0.0408 e. The van der Waals surface area contributed by atoms with E-state index in [1.54, 1.807) is 19.2 Å². The summed E-state index contributed by atoms with van der Waals surface area (Å²) in [5.41, 5.74) is 16.6. The van der Waals surface area contributed by atoms with E-state index in [1.807, 2.05) is 73.3 Å². The van der Waals surface area contributed by atoms with E-state index in [9.17, 15) is 4.39 Å². The molecule has 0 amide bonds. The Morgan fingerprint density at radius 3 is 0.929 bits per heavy atom. The van der Waals surface area contributed by atoms with Crippen molar-refractivity contribution in [1.82, 2.24) is 24.9 Å². The van der Waals surface area contributed by atoms with Gasteiger partial charge in [-0.05, 0) is 173 Å². The summed E-state index contributed by atoms with van der Waals surface area (Å²) in [5.74, 6) is -0.241. The minimum atomic E-state index is -0.241. The van der Waals surface area contributed by atoms with Gasteiger partial charge in [-0.2, -0.15) is 0 Å². The Balaban J connectivity index is 0.000000137. The molecule has 20 aromatic rings. The van der Waals surface area contributed by atoms with Gasteiger partial charge < -0.3 is 24.9 Å². The number of hydrogen-bond acceptors (Lipinski definition) is 5. The molecule has 0 saturated heterocycles. The van der Waals surface area contributed by atoms with Crippen LogP contribution in [0.5, 0.6) is 0 Å². The molecule has 0 fully saturated rings. The number of benzene rings is 15. The predicted octanol–water partition coefficient (Wildman–Crippen LogP) is 26.3. The van der Waals surface area contributed by atoms with E-state index in [1.165, 1.54) is 125 Å². The Hall–Kier alpha value is -10.2. The molecule has 11 heteroatoms. The number of rotatable bonds is 5. The first-order chi connectivity index (χ1) is 52.4. The molecular formula is C101H71FIr5N5-5. The Kier molecular flexibility index (Phi) is 27.7. The molecule has 5 nitrogen and oxygen atoms in total. The molecule has 0 N–H and O–H groups in total. The van der Waals surface area contributed by atoms with Crippen molar-refractivity contribution in [2.45, 2.75) is 41.5 Å². The number of aromatic nitrogens is 5. The van der Waals surface area contributed by atoms with E-state index in [2.05, 4.69) is 320 Å². The minimum absolute atomic E-state index is 0. The molecule has 112 heavy (non-hydrogen) atoms. The third kappa shape index (κ3) is 17.7. The minimum Gasteiger partial charge on any atom is -0.304 e. The van der Waals surface area contributed by atoms with E-state index in [0.29, 0.717) is 5.56 Å². The standard InChI is InChI=1S/C21H16N.C20H13FN.3C20H14N.5Ir/c1-14-11-15(2)13-17(12-14)21-20-8-7-16-5-3-4-6-18(16)19(20)9-10-22-21;1-13-12-15(7-9-19(13)21)20-18-8-6-14-4-2-3-5-16(14)17(18)10-11-22-20;2*1-14-6-8-16(9-7-14)20-19-11-10-15-4-2-3-5-17(15)18(19)12-13-21-20;1-14-7-9-17-16(13-14)8-10-19-18(17)11-12-21-20(19)15-5-3-2-4-6-15;;;;;/h3-12H,1-2H3;2-6,8-12H,1H3;2*2-8,10-13H,1H3;2-5,7-13H,1H3;;;;;/q5*-1;;;;;. The van der Waals surface area contributed by atoms with Gasteiger partial charge in [0.05, 0.1) is 0 Å². The maximum Gasteiger partial charge on any atom is 0.0408 e. The Bertz CT molecular complexity index is 6560. The van der Waals surface area contributed by atoms with Crippen molar-refractivity contribution in [3.8, 4) is 56.3 Å². The molecule has 0 aliphatic carbocycles. The molecule has 5 radical (unpaired) electrons. The maximum atomic E-state index is 13.5. The van der Waals surface area contributed by atoms with Gasteiger partial charge in [-0.25, -0.2) is 0 Å². The summed E-state index contributed by atoms with van der Waals surface area (Å²) in [7, 11) is 0. The van der Waals surface area contributed by atoms with Crippen LogP contribution in [-0.2, 0) is 101 Å². The van der Waals surface area contributed by atoms with Crippen LogP contribution >= 0.6 is 0 Å². The van der Waals surface area contributed by atoms with Crippen LogP contribution in [0.25, 0.3) is 164 Å². The van der Waals surface area contributed by atoms with Crippen LogP contribution in [-0.4, -0.2) is 24.9 Å². The van der Waals surface area contributed by atoms with Crippen LogP contribution < -0.4 is 0 Å². The van der Waals surface area contributed by atoms with Crippen molar-refractivity contribution in [2.75, 3.05) is 0 Å². The van der Waals surface area contributed by atoms with Gasteiger partial charge in [-0.3, -0.25) is 4.39 Å². The van der Waals surface area contributed by atoms with Crippen molar-refractivity contribution >= 4 is 108 Å². The summed E-state index contributed by atoms with van der Waals surface area (Å²) in [6.45, 7) is 12.2. The SMILES string of the molecule is Cc1[c-]c(-c2nccc3c2ccc2ccccc23)cc(C)c1.Cc1c[c-]c(-c2nccc3c2ccc2ccccc23)cc1.Cc1c[c-]c(-c2nccc3c2ccc2ccccc23)cc1.Cc1cc(-c2nccc3c2ccc2ccccc23)[c-]cc1F.Cc1ccc2c(ccc3c(-c4[c-]cccc4)nccc32)c1.[Ir].[Ir].[Ir].[Ir].[Ir]. The van der Waals surface area contributed by atoms with Crippen molar-refractivity contribution in [2.24, 2.45) is 0 Å². The number of fused-ring (bicyclic) bond motifs is 15. The van der Waals surface area contributed by atoms with Gasteiger partial charge >= 0.3 is 0 Å². The van der Waals surface area contributed by atoms with Gasteiger partial charge in [0.2, 0.25) is 0 Å². The van der Waals surface area contributed by atoms with Crippen LogP contribution in [0.3, 0.4) is 0 Å². The summed E-state index contributed by atoms with van der Waals surface area (Å²) in [4.78, 5) is 22.9. The average Bonchev–Trinajstić information content (AvgIpc) is 0.801. The Morgan fingerprint density at radius 2 is 0.562 bits per heavy atom. The largest absolute Gasteiger partial charge is 0.304 e. The van der Waals surface area contributed by atoms with Gasteiger partial charge in [0, 0.05) is 137 Å². The monoisotopic (exact) mass is 2340 g/mol. The molecule has 5 aromatic heterocycles. The quantitative estimate of drug-likeness (QED) is 0.127. The molecule has 0 atom stereocenters. The first kappa shape index (κ1) is 82.8. The number of hydrogen-bond donors (Lipinski definition) is 0. The zero-order chi connectivity index (χ0) is 72.9. The van der Waals surface area contributed by atoms with Crippen molar-refractivity contribution < 1.29 is 105 Å². The zero-order valence-electron chi connectivity index (χ0n) is 61.9. The van der Waals surface area contributed by atoms with Gasteiger partial charge in [-0.15, -0.1) is 165 Å². The second-order valence-electron chi connectivity index (χ2n) is 27.2. The predicted molar refractivity (Wildman–Crippen MR) is 446 cm³/mol. The van der Waals surface area contributed by atoms with E-state index >= 15 is 0 Å². The molecule has 0 aliphatic rings. The van der Waals surface area contributed by atoms with E-state index in [-0.39, 0.29) is 106 Å². The zero-order valence-corrected chi connectivity index (χ0v) is 73.9. The van der Waals surface area contributed by atoms with Crippen LogP contribution in [0.2, 0.25) is 0 Å². The number of pyridine rings is 5. The van der Waals surface area contributed by atoms with Crippen molar-refractivity contribution in [3.63, 3.8) is 0 Å². The molecule has 0 bridgehead atoms. The fourth-order valence-electron chi connectivity index (χ4n) is 14.5. The summed E-state index contributed by atoms with van der Waals surface area (Å²) >= 11 is 0. The first-order valence-electron chi connectivity index (χ1n) is 35.9. The van der Waals surface area contributed by atoms with Gasteiger partial charge in [0.25, 0.3) is 0 Å². The normalized spacial score (nSPS) is 10.6. The average molecular weight is 2330 g/mol. The molecule has 0 spiro atoms. The van der Waals surface area contributed by atoms with E-state index in [0.717, 1.165) is 72.6 Å². The van der Waals surface area contributed by atoms with Crippen LogP contribution in [0.4, 0.5) is 4.39 Å². The molecule has 0 aliphatic heterocycles. The van der Waals surface area contributed by atoms with E-state index < -0.39 is 0 Å². The Labute approximate surface area is 720 Å².